The molecule has 0 saturated heterocycles. The Morgan fingerprint density at radius 2 is 1.85 bits per heavy atom. The predicted molar refractivity (Wildman–Crippen MR) is 133 cm³/mol. The topological polar surface area (TPSA) is 99.1 Å². The predicted octanol–water partition coefficient (Wildman–Crippen LogP) is 2.78. The number of aliphatic hydroxyl groups is 2. The molecule has 0 spiro atoms. The maximum Gasteiger partial charge on any atom is 0.247 e. The van der Waals surface area contributed by atoms with Gasteiger partial charge in [-0.05, 0) is 66.5 Å². The molecule has 3 atom stereocenters. The molecule has 3 aliphatic rings. The lowest BCUT2D eigenvalue weighted by molar-refractivity contribution is -0.149. The van der Waals surface area contributed by atoms with Gasteiger partial charge in [-0.2, -0.15) is 0 Å². The molecule has 0 aromatic heterocycles. The molecule has 1 aromatic rings. The van der Waals surface area contributed by atoms with E-state index in [4.69, 9.17) is 9.84 Å². The van der Waals surface area contributed by atoms with E-state index in [9.17, 15) is 14.7 Å². The molecule has 0 unspecified atom stereocenters. The third-order valence-electron chi connectivity index (χ3n) is 7.10. The first-order valence-electron chi connectivity index (χ1n) is 12.0. The van der Waals surface area contributed by atoms with Gasteiger partial charge in [0, 0.05) is 30.5 Å². The molecular weight excluding hydrogens is 535 g/mol. The van der Waals surface area contributed by atoms with Gasteiger partial charge < -0.3 is 25.2 Å². The van der Waals surface area contributed by atoms with E-state index in [1.807, 2.05) is 29.2 Å². The van der Waals surface area contributed by atoms with Crippen LogP contribution < -0.4 is 10.1 Å². The lowest BCUT2D eigenvalue weighted by Crippen LogP contribution is -2.59. The zero-order valence-corrected chi connectivity index (χ0v) is 20.9. The van der Waals surface area contributed by atoms with Crippen molar-refractivity contribution in [1.29, 1.82) is 0 Å². The number of nitrogens with zero attached hydrogens (tertiary/aromatic N) is 1. The number of hydrogen-bond donors (Lipinski definition) is 3. The molecule has 2 amide bonds. The zero-order chi connectivity index (χ0) is 23.4. The molecule has 3 N–H and O–H groups in total. The van der Waals surface area contributed by atoms with Gasteiger partial charge in [-0.1, -0.05) is 31.4 Å². The summed E-state index contributed by atoms with van der Waals surface area (Å²) in [4.78, 5) is 28.3. The minimum atomic E-state index is -0.944. The van der Waals surface area contributed by atoms with Crippen molar-refractivity contribution < 1.29 is 24.5 Å². The highest BCUT2D eigenvalue weighted by atomic mass is 127. The fourth-order valence-electron chi connectivity index (χ4n) is 5.10. The Balaban J connectivity index is 1.65. The Labute approximate surface area is 208 Å². The van der Waals surface area contributed by atoms with Crippen molar-refractivity contribution in [2.24, 2.45) is 5.92 Å². The average Bonchev–Trinajstić information content (AvgIpc) is 3.29. The van der Waals surface area contributed by atoms with E-state index in [1.54, 1.807) is 6.08 Å². The van der Waals surface area contributed by atoms with Gasteiger partial charge >= 0.3 is 0 Å². The fraction of sp³-hybridized carbons (Fsp3) is 0.600. The highest BCUT2D eigenvalue weighted by Gasteiger charge is 2.45. The van der Waals surface area contributed by atoms with Gasteiger partial charge in [0.1, 0.15) is 18.0 Å². The maximum absolute atomic E-state index is 13.5. The van der Waals surface area contributed by atoms with E-state index in [-0.39, 0.29) is 43.3 Å². The Kier molecular flexibility index (Phi) is 8.29. The summed E-state index contributed by atoms with van der Waals surface area (Å²) in [5.74, 6) is 0.471. The number of hydrogen-bond acceptors (Lipinski definition) is 5. The molecular formula is C25H33IN2O5. The summed E-state index contributed by atoms with van der Waals surface area (Å²) in [6, 6.07) is 7.12. The van der Waals surface area contributed by atoms with E-state index in [0.717, 1.165) is 48.5 Å². The Morgan fingerprint density at radius 1 is 1.12 bits per heavy atom. The molecule has 1 aromatic carbocycles. The van der Waals surface area contributed by atoms with Crippen molar-refractivity contribution in [2.45, 2.75) is 75.7 Å². The van der Waals surface area contributed by atoms with Crippen molar-refractivity contribution in [2.75, 3.05) is 13.2 Å². The summed E-state index contributed by atoms with van der Waals surface area (Å²) in [5.41, 5.74) is 0.485. The number of aliphatic hydroxyl groups excluding tert-OH is 2. The second-order valence-electron chi connectivity index (χ2n) is 9.26. The van der Waals surface area contributed by atoms with Crippen LogP contribution in [0.4, 0.5) is 0 Å². The summed E-state index contributed by atoms with van der Waals surface area (Å²) in [6.07, 6.45) is 7.12. The third kappa shape index (κ3) is 5.54. The number of ether oxygens (including phenoxy) is 1. The smallest absolute Gasteiger partial charge is 0.247 e. The number of rotatable bonds is 8. The molecule has 8 heteroatoms. The van der Waals surface area contributed by atoms with Crippen LogP contribution in [0.3, 0.4) is 0 Å². The summed E-state index contributed by atoms with van der Waals surface area (Å²) < 4.78 is 7.11. The summed E-state index contributed by atoms with van der Waals surface area (Å²) >= 11 is 2.18. The van der Waals surface area contributed by atoms with Gasteiger partial charge in [-0.15, -0.1) is 0 Å². The van der Waals surface area contributed by atoms with E-state index in [0.29, 0.717) is 11.3 Å². The van der Waals surface area contributed by atoms with Crippen molar-refractivity contribution in [1.82, 2.24) is 10.2 Å². The van der Waals surface area contributed by atoms with Crippen LogP contribution in [0.5, 0.6) is 5.75 Å². The number of halogens is 1. The number of carbonyl (C=O) groups excluding carboxylic acids is 2. The van der Waals surface area contributed by atoms with Crippen LogP contribution in [0, 0.1) is 9.49 Å². The van der Waals surface area contributed by atoms with Crippen molar-refractivity contribution in [3.63, 3.8) is 0 Å². The fourth-order valence-corrected chi connectivity index (χ4v) is 5.61. The lowest BCUT2D eigenvalue weighted by Gasteiger charge is -2.45. The van der Waals surface area contributed by atoms with Crippen LogP contribution in [-0.2, 0) is 9.59 Å². The van der Waals surface area contributed by atoms with Crippen LogP contribution in [0.15, 0.2) is 35.9 Å². The second kappa shape index (κ2) is 11.2. The van der Waals surface area contributed by atoms with E-state index in [1.165, 1.54) is 0 Å². The molecule has 0 bridgehead atoms. The standard InChI is InChI=1S/C25H33IN2O5/c26-19-10-3-4-11-21(19)33-22-15-17(24(31)27-12-13-29)14-20(23(22)30)28(18-8-1-2-9-18)25(32)16-6-5-7-16/h3-4,10-11,15-16,18,20,22-23,29-30H,1-2,5-9,12-14H2,(H,27,31)/t20-,22+,23+/m1/s1. The first kappa shape index (κ1) is 24.5. The van der Waals surface area contributed by atoms with Gasteiger partial charge in [0.15, 0.2) is 0 Å². The van der Waals surface area contributed by atoms with E-state index < -0.39 is 18.2 Å². The minimum absolute atomic E-state index is 0.0183. The van der Waals surface area contributed by atoms with Gasteiger partial charge in [0.25, 0.3) is 0 Å². The molecule has 0 heterocycles. The van der Waals surface area contributed by atoms with E-state index >= 15 is 0 Å². The molecule has 2 fully saturated rings. The Morgan fingerprint density at radius 3 is 2.48 bits per heavy atom. The highest BCUT2D eigenvalue weighted by molar-refractivity contribution is 14.1. The van der Waals surface area contributed by atoms with Gasteiger partial charge in [-0.25, -0.2) is 0 Å². The normalized spacial score (nSPS) is 25.8. The number of para-hydroxylation sites is 1. The number of benzene rings is 1. The molecule has 180 valence electrons. The Bertz CT molecular complexity index is 881. The number of amides is 2. The molecule has 33 heavy (non-hydrogen) atoms. The van der Waals surface area contributed by atoms with Crippen LogP contribution in [0.1, 0.15) is 51.4 Å². The molecule has 2 saturated carbocycles. The van der Waals surface area contributed by atoms with Crippen molar-refractivity contribution in [3.05, 3.63) is 39.5 Å². The average molecular weight is 568 g/mol. The maximum atomic E-state index is 13.5. The van der Waals surface area contributed by atoms with Crippen molar-refractivity contribution in [3.8, 4) is 5.75 Å². The first-order chi connectivity index (χ1) is 16.0. The van der Waals surface area contributed by atoms with Crippen LogP contribution >= 0.6 is 22.6 Å². The highest BCUT2D eigenvalue weighted by Crippen LogP contribution is 2.37. The zero-order valence-electron chi connectivity index (χ0n) is 18.8. The monoisotopic (exact) mass is 568 g/mol. The van der Waals surface area contributed by atoms with Gasteiger partial charge in [0.2, 0.25) is 11.8 Å². The van der Waals surface area contributed by atoms with Crippen molar-refractivity contribution >= 4 is 34.4 Å². The Hall–Kier alpha value is -1.65. The van der Waals surface area contributed by atoms with Crippen LogP contribution in [-0.4, -0.2) is 64.4 Å². The largest absolute Gasteiger partial charge is 0.482 e. The van der Waals surface area contributed by atoms with E-state index in [2.05, 4.69) is 27.9 Å². The van der Waals surface area contributed by atoms with Crippen LogP contribution in [0.2, 0.25) is 0 Å². The summed E-state index contributed by atoms with van der Waals surface area (Å²) in [7, 11) is 0. The number of carbonyl (C=O) groups is 2. The third-order valence-corrected chi connectivity index (χ3v) is 7.99. The molecule has 0 radical (unpaired) electrons. The lowest BCUT2D eigenvalue weighted by atomic mass is 9.81. The first-order valence-corrected chi connectivity index (χ1v) is 13.1. The molecule has 3 aliphatic carbocycles. The summed E-state index contributed by atoms with van der Waals surface area (Å²) in [5, 5.41) is 23.3. The molecule has 4 rings (SSSR count). The second-order valence-corrected chi connectivity index (χ2v) is 10.4. The van der Waals surface area contributed by atoms with Gasteiger partial charge in [-0.3, -0.25) is 9.59 Å². The SMILES string of the molecule is O=C(NCCO)C1=C[C@H](Oc2ccccc2I)[C@@H](O)[C@H](N(C(=O)C2CCC2)C2CCCC2)C1. The van der Waals surface area contributed by atoms with Crippen LogP contribution in [0.25, 0.3) is 0 Å². The molecule has 0 aliphatic heterocycles. The van der Waals surface area contributed by atoms with Gasteiger partial charge in [0.05, 0.1) is 16.2 Å². The minimum Gasteiger partial charge on any atom is -0.482 e. The molecule has 7 nitrogen and oxygen atoms in total. The quantitative estimate of drug-likeness (QED) is 0.419. The number of nitrogens with one attached hydrogen (secondary N) is 1. The summed E-state index contributed by atoms with van der Waals surface area (Å²) in [6.45, 7) is 0.000419.